The fourth-order valence-electron chi connectivity index (χ4n) is 3.44. The van der Waals surface area contributed by atoms with Gasteiger partial charge < -0.3 is 15.7 Å². The van der Waals surface area contributed by atoms with Gasteiger partial charge in [0.15, 0.2) is 0 Å². The summed E-state index contributed by atoms with van der Waals surface area (Å²) in [5, 5.41) is 17.6. The lowest BCUT2D eigenvalue weighted by Gasteiger charge is -2.48. The van der Waals surface area contributed by atoms with Gasteiger partial charge in [0, 0.05) is 25.6 Å². The molecule has 1 aliphatic carbocycles. The van der Waals surface area contributed by atoms with Crippen molar-refractivity contribution in [2.75, 3.05) is 19.6 Å². The molecule has 0 spiro atoms. The highest BCUT2D eigenvalue weighted by Crippen LogP contribution is 2.40. The van der Waals surface area contributed by atoms with Crippen LogP contribution in [0.15, 0.2) is 0 Å². The van der Waals surface area contributed by atoms with Crippen molar-refractivity contribution in [2.24, 2.45) is 17.6 Å². The third kappa shape index (κ3) is 3.25. The van der Waals surface area contributed by atoms with Crippen LogP contribution in [0.5, 0.6) is 0 Å². The van der Waals surface area contributed by atoms with Crippen molar-refractivity contribution in [3.05, 3.63) is 0 Å². The number of nitrogens with zero attached hydrogens (tertiary/aromatic N) is 1. The van der Waals surface area contributed by atoms with Gasteiger partial charge in [-0.3, -0.25) is 5.41 Å². The topological polar surface area (TPSA) is 73.3 Å². The Morgan fingerprint density at radius 3 is 2.70 bits per heavy atom. The first-order valence-corrected chi connectivity index (χ1v) is 7.08. The third-order valence-corrected chi connectivity index (χ3v) is 4.72. The van der Waals surface area contributed by atoms with Gasteiger partial charge in [-0.1, -0.05) is 12.8 Å². The van der Waals surface area contributed by atoms with Crippen LogP contribution < -0.4 is 5.73 Å². The highest BCUT2D eigenvalue weighted by atomic mass is 19.4. The van der Waals surface area contributed by atoms with Gasteiger partial charge in [-0.2, -0.15) is 13.2 Å². The first-order valence-electron chi connectivity index (χ1n) is 7.08. The molecule has 116 valence electrons. The molecule has 0 aromatic heterocycles. The van der Waals surface area contributed by atoms with Crippen LogP contribution in [0.2, 0.25) is 0 Å². The van der Waals surface area contributed by atoms with Gasteiger partial charge in [0.25, 0.3) is 0 Å². The molecular weight excluding hydrogens is 271 g/mol. The van der Waals surface area contributed by atoms with Crippen molar-refractivity contribution in [2.45, 2.75) is 43.9 Å². The quantitative estimate of drug-likeness (QED) is 0.548. The zero-order valence-corrected chi connectivity index (χ0v) is 11.4. The molecule has 2 fully saturated rings. The minimum atomic E-state index is -4.48. The number of fused-ring (bicyclic) bond motifs is 1. The summed E-state index contributed by atoms with van der Waals surface area (Å²) in [7, 11) is 0. The fourth-order valence-corrected chi connectivity index (χ4v) is 3.44. The standard InChI is InChI=1S/C13H22F3N3O/c14-13(15,16)10(11(17)18)8-19-6-5-12(20)4-2-1-3-9(12)7-19/h9-10,20H,1-8H2,(H3,17,18). The number of likely N-dealkylation sites (tertiary alicyclic amines) is 1. The smallest absolute Gasteiger partial charge is 0.390 e. The van der Waals surface area contributed by atoms with E-state index in [0.717, 1.165) is 25.7 Å². The van der Waals surface area contributed by atoms with Crippen LogP contribution in [-0.2, 0) is 0 Å². The number of amidine groups is 1. The van der Waals surface area contributed by atoms with E-state index >= 15 is 0 Å². The van der Waals surface area contributed by atoms with Gasteiger partial charge in [0.1, 0.15) is 11.8 Å². The number of hydrogen-bond acceptors (Lipinski definition) is 3. The van der Waals surface area contributed by atoms with E-state index in [0.29, 0.717) is 19.5 Å². The Morgan fingerprint density at radius 1 is 1.40 bits per heavy atom. The molecular formula is C13H22F3N3O. The average Bonchev–Trinajstić information content (AvgIpc) is 2.33. The summed E-state index contributed by atoms with van der Waals surface area (Å²) in [4.78, 5) is 1.70. The average molecular weight is 293 g/mol. The number of hydrogen-bond donors (Lipinski definition) is 3. The molecule has 1 saturated carbocycles. The Bertz CT molecular complexity index is 374. The molecule has 0 amide bonds. The molecule has 0 bridgehead atoms. The number of piperidine rings is 1. The van der Waals surface area contributed by atoms with Crippen LogP contribution in [0.4, 0.5) is 13.2 Å². The van der Waals surface area contributed by atoms with Crippen molar-refractivity contribution < 1.29 is 18.3 Å². The monoisotopic (exact) mass is 293 g/mol. The maximum Gasteiger partial charge on any atom is 0.399 e. The zero-order chi connectivity index (χ0) is 15.0. The molecule has 1 aliphatic heterocycles. The van der Waals surface area contributed by atoms with Gasteiger partial charge in [-0.25, -0.2) is 0 Å². The SMILES string of the molecule is N=C(N)C(CN1CCC2(O)CCCCC2C1)C(F)(F)F. The first-order chi connectivity index (χ1) is 9.22. The summed E-state index contributed by atoms with van der Waals surface area (Å²) in [5.41, 5.74) is 4.39. The van der Waals surface area contributed by atoms with Gasteiger partial charge in [0.2, 0.25) is 0 Å². The summed E-state index contributed by atoms with van der Waals surface area (Å²) in [6, 6.07) is 0. The summed E-state index contributed by atoms with van der Waals surface area (Å²) < 4.78 is 38.5. The molecule has 0 aromatic rings. The molecule has 7 heteroatoms. The third-order valence-electron chi connectivity index (χ3n) is 4.72. The first kappa shape index (κ1) is 15.6. The normalized spacial score (nSPS) is 33.5. The number of alkyl halides is 3. The summed E-state index contributed by atoms with van der Waals surface area (Å²) >= 11 is 0. The molecule has 0 radical (unpaired) electrons. The maximum absolute atomic E-state index is 12.8. The largest absolute Gasteiger partial charge is 0.399 e. The van der Waals surface area contributed by atoms with E-state index in [1.165, 1.54) is 0 Å². The highest BCUT2D eigenvalue weighted by Gasteiger charge is 2.46. The van der Waals surface area contributed by atoms with Crippen molar-refractivity contribution in [3.63, 3.8) is 0 Å². The number of nitrogens with two attached hydrogens (primary N) is 1. The molecule has 1 saturated heterocycles. The Hall–Kier alpha value is -0.820. The van der Waals surface area contributed by atoms with Crippen LogP contribution >= 0.6 is 0 Å². The maximum atomic E-state index is 12.8. The molecule has 1 heterocycles. The molecule has 3 atom stereocenters. The van der Waals surface area contributed by atoms with Gasteiger partial charge in [-0.15, -0.1) is 0 Å². The molecule has 0 aromatic carbocycles. The van der Waals surface area contributed by atoms with E-state index in [1.807, 2.05) is 0 Å². The summed E-state index contributed by atoms with van der Waals surface area (Å²) in [6.45, 7) is 0.634. The summed E-state index contributed by atoms with van der Waals surface area (Å²) in [6.07, 6.45) is -0.335. The van der Waals surface area contributed by atoms with Gasteiger partial charge in [0.05, 0.1) is 5.60 Å². The number of aliphatic hydroxyl groups is 1. The predicted octanol–water partition coefficient (Wildman–Crippen LogP) is 1.73. The van der Waals surface area contributed by atoms with Crippen molar-refractivity contribution in [3.8, 4) is 0 Å². The second kappa shape index (κ2) is 5.52. The second-order valence-electron chi connectivity index (χ2n) is 6.11. The van der Waals surface area contributed by atoms with E-state index in [1.54, 1.807) is 4.90 Å². The lowest BCUT2D eigenvalue weighted by molar-refractivity contribution is -0.165. The lowest BCUT2D eigenvalue weighted by Crippen LogP contribution is -2.55. The molecule has 4 nitrogen and oxygen atoms in total. The minimum Gasteiger partial charge on any atom is -0.390 e. The van der Waals surface area contributed by atoms with E-state index in [2.05, 4.69) is 0 Å². The molecule has 2 aliphatic rings. The van der Waals surface area contributed by atoms with Crippen LogP contribution in [0.25, 0.3) is 0 Å². The van der Waals surface area contributed by atoms with Crippen molar-refractivity contribution >= 4 is 5.84 Å². The van der Waals surface area contributed by atoms with Crippen LogP contribution in [0.1, 0.15) is 32.1 Å². The predicted molar refractivity (Wildman–Crippen MR) is 69.4 cm³/mol. The van der Waals surface area contributed by atoms with Crippen LogP contribution in [0, 0.1) is 17.2 Å². The zero-order valence-electron chi connectivity index (χ0n) is 11.4. The lowest BCUT2D eigenvalue weighted by atomic mass is 9.71. The molecule has 4 N–H and O–H groups in total. The summed E-state index contributed by atoms with van der Waals surface area (Å²) in [5.74, 6) is -2.69. The molecule has 3 unspecified atom stereocenters. The van der Waals surface area contributed by atoms with E-state index < -0.39 is 23.5 Å². The number of nitrogens with one attached hydrogen (secondary N) is 1. The second-order valence-corrected chi connectivity index (χ2v) is 6.11. The van der Waals surface area contributed by atoms with Crippen LogP contribution in [-0.4, -0.2) is 47.3 Å². The minimum absolute atomic E-state index is 0.0471. The van der Waals surface area contributed by atoms with Crippen molar-refractivity contribution in [1.29, 1.82) is 5.41 Å². The van der Waals surface area contributed by atoms with Crippen molar-refractivity contribution in [1.82, 2.24) is 4.90 Å². The van der Waals surface area contributed by atoms with E-state index in [9.17, 15) is 18.3 Å². The van der Waals surface area contributed by atoms with E-state index in [-0.39, 0.29) is 12.5 Å². The Labute approximate surface area is 116 Å². The van der Waals surface area contributed by atoms with Crippen LogP contribution in [0.3, 0.4) is 0 Å². The van der Waals surface area contributed by atoms with E-state index in [4.69, 9.17) is 11.1 Å². The Morgan fingerprint density at radius 2 is 2.10 bits per heavy atom. The molecule has 2 rings (SSSR count). The van der Waals surface area contributed by atoms with Gasteiger partial charge >= 0.3 is 6.18 Å². The highest BCUT2D eigenvalue weighted by molar-refractivity contribution is 5.80. The number of rotatable bonds is 3. The van der Waals surface area contributed by atoms with Gasteiger partial charge in [-0.05, 0) is 19.3 Å². The number of halogens is 3. The Kier molecular flexibility index (Phi) is 4.30. The fraction of sp³-hybridized carbons (Fsp3) is 0.923. The Balaban J connectivity index is 1.99. The molecule has 20 heavy (non-hydrogen) atoms.